The van der Waals surface area contributed by atoms with Gasteiger partial charge in [0.15, 0.2) is 0 Å². The molecule has 22 heavy (non-hydrogen) atoms. The average Bonchev–Trinajstić information content (AvgIpc) is 2.97. The molecule has 1 spiro atoms. The molecule has 3 rings (SSSR count). The second kappa shape index (κ2) is 8.01. The zero-order valence-electron chi connectivity index (χ0n) is 14.1. The van der Waals surface area contributed by atoms with Gasteiger partial charge in [-0.15, -0.1) is 12.4 Å². The maximum atomic E-state index is 12.6. The Morgan fingerprint density at radius 1 is 1.18 bits per heavy atom. The number of halogens is 1. The van der Waals surface area contributed by atoms with Gasteiger partial charge in [-0.3, -0.25) is 4.79 Å². The fourth-order valence-electron chi connectivity index (χ4n) is 4.73. The molecule has 1 amide bonds. The van der Waals surface area contributed by atoms with E-state index in [2.05, 4.69) is 17.1 Å². The molecule has 1 saturated carbocycles. The third-order valence-corrected chi connectivity index (χ3v) is 6.46. The van der Waals surface area contributed by atoms with E-state index in [0.717, 1.165) is 25.4 Å². The van der Waals surface area contributed by atoms with Crippen LogP contribution in [0.25, 0.3) is 0 Å². The van der Waals surface area contributed by atoms with Crippen molar-refractivity contribution in [2.75, 3.05) is 26.2 Å². The molecule has 128 valence electrons. The summed E-state index contributed by atoms with van der Waals surface area (Å²) in [5.41, 5.74) is 0.520. The topological polar surface area (TPSA) is 32.3 Å². The highest BCUT2D eigenvalue weighted by Crippen LogP contribution is 2.37. The molecule has 3 aliphatic rings. The molecule has 4 heteroatoms. The highest BCUT2D eigenvalue weighted by molar-refractivity contribution is 5.85. The molecule has 2 aliphatic heterocycles. The van der Waals surface area contributed by atoms with Gasteiger partial charge >= 0.3 is 0 Å². The van der Waals surface area contributed by atoms with Crippen LogP contribution in [0.3, 0.4) is 0 Å². The summed E-state index contributed by atoms with van der Waals surface area (Å²) in [6.07, 6.45) is 11.4. The number of piperidine rings is 1. The van der Waals surface area contributed by atoms with E-state index in [1.165, 1.54) is 64.5 Å². The van der Waals surface area contributed by atoms with Crippen LogP contribution in [-0.2, 0) is 4.79 Å². The largest absolute Gasteiger partial charge is 0.343 e. The molecule has 1 atom stereocenters. The molecule has 1 unspecified atom stereocenters. The van der Waals surface area contributed by atoms with Crippen molar-refractivity contribution in [1.82, 2.24) is 10.2 Å². The molecular formula is C18H33ClN2O. The third kappa shape index (κ3) is 4.17. The monoisotopic (exact) mass is 328 g/mol. The predicted octanol–water partition coefficient (Wildman–Crippen LogP) is 3.62. The lowest BCUT2D eigenvalue weighted by Crippen LogP contribution is -2.44. The molecule has 0 radical (unpaired) electrons. The summed E-state index contributed by atoms with van der Waals surface area (Å²) in [5, 5.41) is 3.50. The second-order valence-electron chi connectivity index (χ2n) is 7.89. The quantitative estimate of drug-likeness (QED) is 0.858. The minimum atomic E-state index is 0. The highest BCUT2D eigenvalue weighted by Gasteiger charge is 2.38. The summed E-state index contributed by atoms with van der Waals surface area (Å²) < 4.78 is 0. The van der Waals surface area contributed by atoms with Gasteiger partial charge in [0.05, 0.1) is 0 Å². The summed E-state index contributed by atoms with van der Waals surface area (Å²) in [4.78, 5) is 14.7. The van der Waals surface area contributed by atoms with Crippen molar-refractivity contribution in [3.8, 4) is 0 Å². The van der Waals surface area contributed by atoms with E-state index < -0.39 is 0 Å². The number of carbonyl (C=O) groups is 1. The second-order valence-corrected chi connectivity index (χ2v) is 7.89. The fraction of sp³-hybridized carbons (Fsp3) is 0.944. The Labute approximate surface area is 142 Å². The molecule has 1 N–H and O–H groups in total. The van der Waals surface area contributed by atoms with Crippen LogP contribution in [0, 0.1) is 17.3 Å². The number of carbonyl (C=O) groups excluding carboxylic acids is 1. The first-order chi connectivity index (χ1) is 10.2. The van der Waals surface area contributed by atoms with Crippen LogP contribution in [-0.4, -0.2) is 37.0 Å². The predicted molar refractivity (Wildman–Crippen MR) is 93.3 cm³/mol. The van der Waals surface area contributed by atoms with E-state index in [1.807, 2.05) is 0 Å². The van der Waals surface area contributed by atoms with Gasteiger partial charge in [0.2, 0.25) is 5.91 Å². The number of amides is 1. The Kier molecular flexibility index (Phi) is 6.58. The standard InChI is InChI=1S/C18H32N2O.ClH/c1-15(16-5-3-2-4-6-16)13-17(21)20-11-8-18(9-12-20)7-10-19-14-18;/h15-16,19H,2-14H2,1H3;1H. The van der Waals surface area contributed by atoms with Crippen LogP contribution in [0.1, 0.15) is 64.7 Å². The molecule has 3 fully saturated rings. The smallest absolute Gasteiger partial charge is 0.222 e. The van der Waals surface area contributed by atoms with E-state index in [9.17, 15) is 4.79 Å². The van der Waals surface area contributed by atoms with Crippen molar-refractivity contribution in [3.63, 3.8) is 0 Å². The molecule has 0 aromatic carbocycles. The lowest BCUT2D eigenvalue weighted by Gasteiger charge is -2.39. The van der Waals surface area contributed by atoms with Crippen molar-refractivity contribution in [2.45, 2.75) is 64.7 Å². The number of hydrogen-bond acceptors (Lipinski definition) is 2. The van der Waals surface area contributed by atoms with Gasteiger partial charge in [-0.25, -0.2) is 0 Å². The summed E-state index contributed by atoms with van der Waals surface area (Å²) in [7, 11) is 0. The minimum absolute atomic E-state index is 0. The Morgan fingerprint density at radius 3 is 2.45 bits per heavy atom. The molecule has 0 aromatic rings. The van der Waals surface area contributed by atoms with Gasteiger partial charge in [0, 0.05) is 26.1 Å². The summed E-state index contributed by atoms with van der Waals surface area (Å²) in [6, 6.07) is 0. The zero-order chi connectivity index (χ0) is 14.7. The molecule has 3 nitrogen and oxygen atoms in total. The fourth-order valence-corrected chi connectivity index (χ4v) is 4.73. The molecule has 0 aromatic heterocycles. The molecule has 2 heterocycles. The van der Waals surface area contributed by atoms with Gasteiger partial charge < -0.3 is 10.2 Å². The van der Waals surface area contributed by atoms with Gasteiger partial charge in [0.1, 0.15) is 0 Å². The van der Waals surface area contributed by atoms with Crippen LogP contribution in [0.4, 0.5) is 0 Å². The minimum Gasteiger partial charge on any atom is -0.343 e. The first-order valence-electron chi connectivity index (χ1n) is 9.17. The summed E-state index contributed by atoms with van der Waals surface area (Å²) >= 11 is 0. The maximum Gasteiger partial charge on any atom is 0.222 e. The third-order valence-electron chi connectivity index (χ3n) is 6.46. The zero-order valence-corrected chi connectivity index (χ0v) is 14.9. The van der Waals surface area contributed by atoms with Crippen LogP contribution in [0.5, 0.6) is 0 Å². The Morgan fingerprint density at radius 2 is 1.86 bits per heavy atom. The SMILES string of the molecule is CC(CC(=O)N1CCC2(CCNC2)CC1)C1CCCCC1.Cl. The first kappa shape index (κ1) is 18.1. The summed E-state index contributed by atoms with van der Waals surface area (Å²) in [5.74, 6) is 1.81. The van der Waals surface area contributed by atoms with Crippen molar-refractivity contribution in [3.05, 3.63) is 0 Å². The first-order valence-corrected chi connectivity index (χ1v) is 9.17. The van der Waals surface area contributed by atoms with Gasteiger partial charge in [-0.05, 0) is 43.1 Å². The van der Waals surface area contributed by atoms with Gasteiger partial charge in [0.25, 0.3) is 0 Å². The van der Waals surface area contributed by atoms with Crippen molar-refractivity contribution < 1.29 is 4.79 Å². The number of hydrogen-bond donors (Lipinski definition) is 1. The van der Waals surface area contributed by atoms with Crippen LogP contribution >= 0.6 is 12.4 Å². The van der Waals surface area contributed by atoms with Crippen molar-refractivity contribution >= 4 is 18.3 Å². The maximum absolute atomic E-state index is 12.6. The highest BCUT2D eigenvalue weighted by atomic mass is 35.5. The number of nitrogens with zero attached hydrogens (tertiary/aromatic N) is 1. The average molecular weight is 329 g/mol. The number of likely N-dealkylation sites (tertiary alicyclic amines) is 1. The van der Waals surface area contributed by atoms with Crippen LogP contribution in [0.15, 0.2) is 0 Å². The normalized spacial score (nSPS) is 26.7. The lowest BCUT2D eigenvalue weighted by molar-refractivity contribution is -0.134. The van der Waals surface area contributed by atoms with Crippen molar-refractivity contribution in [1.29, 1.82) is 0 Å². The van der Waals surface area contributed by atoms with Gasteiger partial charge in [-0.1, -0.05) is 39.0 Å². The van der Waals surface area contributed by atoms with Crippen LogP contribution in [0.2, 0.25) is 0 Å². The van der Waals surface area contributed by atoms with E-state index in [-0.39, 0.29) is 12.4 Å². The Bertz CT molecular complexity index is 352. The number of nitrogens with one attached hydrogen (secondary N) is 1. The molecular weight excluding hydrogens is 296 g/mol. The Balaban J connectivity index is 0.00000176. The van der Waals surface area contributed by atoms with Crippen LogP contribution < -0.4 is 5.32 Å². The van der Waals surface area contributed by atoms with E-state index in [0.29, 0.717) is 17.2 Å². The van der Waals surface area contributed by atoms with E-state index in [1.54, 1.807) is 0 Å². The molecule has 2 saturated heterocycles. The number of rotatable bonds is 3. The van der Waals surface area contributed by atoms with Crippen molar-refractivity contribution in [2.24, 2.45) is 17.3 Å². The Hall–Kier alpha value is -0.280. The molecule has 0 bridgehead atoms. The van der Waals surface area contributed by atoms with E-state index in [4.69, 9.17) is 0 Å². The molecule has 1 aliphatic carbocycles. The summed E-state index contributed by atoms with van der Waals surface area (Å²) in [6.45, 7) is 6.65. The van der Waals surface area contributed by atoms with Gasteiger partial charge in [-0.2, -0.15) is 0 Å². The lowest BCUT2D eigenvalue weighted by atomic mass is 9.77. The van der Waals surface area contributed by atoms with E-state index >= 15 is 0 Å².